The van der Waals surface area contributed by atoms with Crippen molar-refractivity contribution in [2.24, 2.45) is 35.5 Å². The second-order valence-corrected chi connectivity index (χ2v) is 10.5. The topological polar surface area (TPSA) is 35.0 Å². The summed E-state index contributed by atoms with van der Waals surface area (Å²) >= 11 is 0. The highest BCUT2D eigenvalue weighted by molar-refractivity contribution is 4.95. The summed E-state index contributed by atoms with van der Waals surface area (Å²) in [6.45, 7) is 21.8. The Bertz CT molecular complexity index is 317. The summed E-state index contributed by atoms with van der Waals surface area (Å²) in [6.07, 6.45) is 23.9. The predicted molar refractivity (Wildman–Crippen MR) is 152 cm³/mol. The van der Waals surface area contributed by atoms with Crippen molar-refractivity contribution in [1.29, 1.82) is 0 Å². The SMILES string of the molecule is CC.CC.CC1CCC(/C=C/C2CCC(C)CC2)CC1.CC1CCC(C)CC1.CCC.N. The molecule has 0 amide bonds. The van der Waals surface area contributed by atoms with Crippen LogP contribution in [0.3, 0.4) is 0 Å². The van der Waals surface area contributed by atoms with Crippen molar-refractivity contribution in [1.82, 2.24) is 6.15 Å². The van der Waals surface area contributed by atoms with Crippen molar-refractivity contribution in [2.45, 2.75) is 153 Å². The van der Waals surface area contributed by atoms with E-state index in [0.29, 0.717) is 0 Å². The van der Waals surface area contributed by atoms with Gasteiger partial charge in [-0.3, -0.25) is 0 Å². The minimum Gasteiger partial charge on any atom is -0.344 e. The van der Waals surface area contributed by atoms with Crippen LogP contribution < -0.4 is 6.15 Å². The molecule has 3 fully saturated rings. The van der Waals surface area contributed by atoms with Crippen LogP contribution in [0.2, 0.25) is 0 Å². The summed E-state index contributed by atoms with van der Waals surface area (Å²) in [7, 11) is 0. The molecule has 0 heterocycles. The second kappa shape index (κ2) is 25.3. The van der Waals surface area contributed by atoms with E-state index in [1.54, 1.807) is 0 Å². The summed E-state index contributed by atoms with van der Waals surface area (Å²) in [5.41, 5.74) is 0. The molecule has 3 N–H and O–H groups in total. The largest absolute Gasteiger partial charge is 0.344 e. The van der Waals surface area contributed by atoms with E-state index in [0.717, 1.165) is 35.5 Å². The van der Waals surface area contributed by atoms with E-state index in [1.165, 1.54) is 83.5 Å². The van der Waals surface area contributed by atoms with E-state index in [4.69, 9.17) is 0 Å². The molecule has 1 nitrogen and oxygen atoms in total. The number of allylic oxidation sites excluding steroid dienone is 2. The first-order valence-corrected chi connectivity index (χ1v) is 14.6. The maximum absolute atomic E-state index is 2.56. The Balaban J connectivity index is -0.000000444. The van der Waals surface area contributed by atoms with Gasteiger partial charge in [0, 0.05) is 0 Å². The molecule has 0 unspecified atom stereocenters. The fourth-order valence-electron chi connectivity index (χ4n) is 4.70. The quantitative estimate of drug-likeness (QED) is 0.414. The zero-order valence-corrected chi connectivity index (χ0v) is 24.5. The Hall–Kier alpha value is -0.300. The molecule has 32 heavy (non-hydrogen) atoms. The molecule has 0 aromatic heterocycles. The Morgan fingerprint density at radius 2 is 0.594 bits per heavy atom. The molecule has 3 rings (SSSR count). The minimum atomic E-state index is 0. The van der Waals surface area contributed by atoms with E-state index in [1.807, 2.05) is 27.7 Å². The minimum absolute atomic E-state index is 0. The molecule has 3 aliphatic carbocycles. The molecular formula is C31H67N. The van der Waals surface area contributed by atoms with Crippen molar-refractivity contribution >= 4 is 0 Å². The van der Waals surface area contributed by atoms with Gasteiger partial charge in [-0.2, -0.15) is 0 Å². The lowest BCUT2D eigenvalue weighted by atomic mass is 9.80. The molecule has 0 aromatic rings. The second-order valence-electron chi connectivity index (χ2n) is 10.5. The average molecular weight is 454 g/mol. The first-order valence-electron chi connectivity index (χ1n) is 14.6. The van der Waals surface area contributed by atoms with Gasteiger partial charge in [0.05, 0.1) is 0 Å². The molecule has 1 heteroatoms. The van der Waals surface area contributed by atoms with Gasteiger partial charge in [0.2, 0.25) is 0 Å². The summed E-state index contributed by atoms with van der Waals surface area (Å²) in [5, 5.41) is 0. The number of hydrogen-bond donors (Lipinski definition) is 1. The van der Waals surface area contributed by atoms with Gasteiger partial charge in [-0.25, -0.2) is 0 Å². The van der Waals surface area contributed by atoms with Crippen LogP contribution in [0.4, 0.5) is 0 Å². The molecule has 0 aliphatic heterocycles. The van der Waals surface area contributed by atoms with E-state index in [-0.39, 0.29) is 6.15 Å². The third-order valence-electron chi connectivity index (χ3n) is 7.08. The van der Waals surface area contributed by atoms with Crippen LogP contribution in [0.25, 0.3) is 0 Å². The molecule has 0 aromatic carbocycles. The Kier molecular flexibility index (Phi) is 28.7. The fraction of sp³-hybridized carbons (Fsp3) is 0.935. The van der Waals surface area contributed by atoms with Gasteiger partial charge >= 0.3 is 0 Å². The molecule has 0 bridgehead atoms. The lowest BCUT2D eigenvalue weighted by Crippen LogP contribution is -2.12. The summed E-state index contributed by atoms with van der Waals surface area (Å²) in [4.78, 5) is 0. The van der Waals surface area contributed by atoms with E-state index in [9.17, 15) is 0 Å². The monoisotopic (exact) mass is 454 g/mol. The fourth-order valence-corrected chi connectivity index (χ4v) is 4.70. The average Bonchev–Trinajstić information content (AvgIpc) is 2.80. The molecule has 0 spiro atoms. The van der Waals surface area contributed by atoms with Gasteiger partial charge < -0.3 is 6.15 Å². The summed E-state index contributed by atoms with van der Waals surface area (Å²) < 4.78 is 0. The lowest BCUT2D eigenvalue weighted by Gasteiger charge is -2.26. The zero-order valence-electron chi connectivity index (χ0n) is 24.5. The van der Waals surface area contributed by atoms with Crippen LogP contribution in [0.15, 0.2) is 12.2 Å². The Morgan fingerprint density at radius 3 is 0.781 bits per heavy atom. The number of hydrogen-bond acceptors (Lipinski definition) is 1. The highest BCUT2D eigenvalue weighted by atomic mass is 14.2. The molecule has 3 aliphatic rings. The smallest absolute Gasteiger partial charge is 0.0233 e. The van der Waals surface area contributed by atoms with Crippen LogP contribution >= 0.6 is 0 Å². The number of rotatable bonds is 2. The summed E-state index contributed by atoms with van der Waals surface area (Å²) in [5.74, 6) is 5.84. The maximum Gasteiger partial charge on any atom is -0.0233 e. The van der Waals surface area contributed by atoms with Crippen molar-refractivity contribution in [2.75, 3.05) is 0 Å². The van der Waals surface area contributed by atoms with E-state index >= 15 is 0 Å². The third-order valence-corrected chi connectivity index (χ3v) is 7.08. The summed E-state index contributed by atoms with van der Waals surface area (Å²) in [6, 6.07) is 0. The van der Waals surface area contributed by atoms with Crippen molar-refractivity contribution in [3.8, 4) is 0 Å². The van der Waals surface area contributed by atoms with Gasteiger partial charge in [-0.1, -0.05) is 139 Å². The van der Waals surface area contributed by atoms with Gasteiger partial charge in [0.15, 0.2) is 0 Å². The van der Waals surface area contributed by atoms with Crippen LogP contribution in [0.5, 0.6) is 0 Å². The van der Waals surface area contributed by atoms with Gasteiger partial charge in [0.1, 0.15) is 0 Å². The van der Waals surface area contributed by atoms with Crippen LogP contribution in [-0.4, -0.2) is 0 Å². The van der Waals surface area contributed by atoms with Crippen LogP contribution in [0, 0.1) is 35.5 Å². The molecule has 3 saturated carbocycles. The first-order chi connectivity index (χ1) is 14.9. The van der Waals surface area contributed by atoms with Gasteiger partial charge in [-0.05, 0) is 61.2 Å². The highest BCUT2D eigenvalue weighted by Crippen LogP contribution is 2.32. The molecule has 196 valence electrons. The Labute approximate surface area is 206 Å². The van der Waals surface area contributed by atoms with Crippen molar-refractivity contribution in [3.05, 3.63) is 12.2 Å². The normalized spacial score (nSPS) is 31.6. The lowest BCUT2D eigenvalue weighted by molar-refractivity contribution is 0.308. The van der Waals surface area contributed by atoms with Crippen LogP contribution in [0.1, 0.15) is 153 Å². The predicted octanol–water partition coefficient (Wildman–Crippen LogP) is 11.7. The van der Waals surface area contributed by atoms with Crippen molar-refractivity contribution < 1.29 is 0 Å². The third kappa shape index (κ3) is 20.3. The zero-order chi connectivity index (χ0) is 24.1. The van der Waals surface area contributed by atoms with Gasteiger partial charge in [-0.15, -0.1) is 0 Å². The van der Waals surface area contributed by atoms with E-state index in [2.05, 4.69) is 53.7 Å². The van der Waals surface area contributed by atoms with E-state index < -0.39 is 0 Å². The van der Waals surface area contributed by atoms with Gasteiger partial charge in [0.25, 0.3) is 0 Å². The molecule has 0 radical (unpaired) electrons. The van der Waals surface area contributed by atoms with Crippen molar-refractivity contribution in [3.63, 3.8) is 0 Å². The highest BCUT2D eigenvalue weighted by Gasteiger charge is 2.18. The maximum atomic E-state index is 2.56. The standard InChI is InChI=1S/C16H28.C8H16.C3H8.2C2H6.H3N/c1-13-3-7-15(8-4-13)11-12-16-9-5-14(2)6-10-16;1-7-3-5-8(2)6-4-7;1-3-2;2*1-2;/h11-16H,3-10H2,1-2H3;7-8H,3-6H2,1-2H3;3H2,1-2H3;2*1-2H3;1H3/b12-11+;;;;;. The molecule has 0 saturated heterocycles. The van der Waals surface area contributed by atoms with Crippen LogP contribution in [-0.2, 0) is 0 Å². The Morgan fingerprint density at radius 1 is 0.438 bits per heavy atom. The molecular weight excluding hydrogens is 386 g/mol. The molecule has 0 atom stereocenters. The first kappa shape index (κ1) is 36.3.